The van der Waals surface area contributed by atoms with Gasteiger partial charge >= 0.3 is 0 Å². The summed E-state index contributed by atoms with van der Waals surface area (Å²) in [6.45, 7) is 1.58. The molecule has 0 unspecified atom stereocenters. The minimum atomic E-state index is -0.689. The normalized spacial score (nSPS) is 17.4. The maximum absolute atomic E-state index is 14.0. The lowest BCUT2D eigenvalue weighted by Crippen LogP contribution is -2.34. The van der Waals surface area contributed by atoms with Crippen LogP contribution in [0, 0.1) is 5.82 Å². The number of benzene rings is 1. The number of aromatic nitrogens is 1. The van der Waals surface area contributed by atoms with Gasteiger partial charge in [-0.1, -0.05) is 6.07 Å². The Bertz CT molecular complexity index is 643. The lowest BCUT2D eigenvalue weighted by atomic mass is 10.1. The third kappa shape index (κ3) is 2.03. The molecule has 3 rings (SSSR count). The van der Waals surface area contributed by atoms with Gasteiger partial charge in [0.2, 0.25) is 0 Å². The Morgan fingerprint density at radius 3 is 2.95 bits per heavy atom. The van der Waals surface area contributed by atoms with Crippen molar-refractivity contribution >= 4 is 11.6 Å². The number of hydrogen-bond donors (Lipinski definition) is 1. The molecule has 1 amide bonds. The fourth-order valence-electron chi connectivity index (χ4n) is 1.97. The number of amides is 1. The van der Waals surface area contributed by atoms with Crippen molar-refractivity contribution in [3.8, 4) is 16.9 Å². The number of pyridine rings is 1. The molecule has 2 aromatic rings. The Hall–Kier alpha value is -2.43. The summed E-state index contributed by atoms with van der Waals surface area (Å²) >= 11 is 0. The molecule has 0 saturated heterocycles. The average molecular weight is 258 g/mol. The van der Waals surface area contributed by atoms with Gasteiger partial charge in [-0.2, -0.15) is 0 Å². The van der Waals surface area contributed by atoms with E-state index >= 15 is 0 Å². The first kappa shape index (κ1) is 11.6. The smallest absolute Gasteiger partial charge is 0.265 e. The van der Waals surface area contributed by atoms with Crippen LogP contribution in [-0.4, -0.2) is 17.0 Å². The maximum Gasteiger partial charge on any atom is 0.265 e. The van der Waals surface area contributed by atoms with E-state index in [0.717, 1.165) is 5.56 Å². The average Bonchev–Trinajstić information content (AvgIpc) is 2.42. The molecular weight excluding hydrogens is 247 g/mol. The number of hydrogen-bond acceptors (Lipinski definition) is 3. The Morgan fingerprint density at radius 2 is 2.21 bits per heavy atom. The van der Waals surface area contributed by atoms with Crippen molar-refractivity contribution < 1.29 is 13.9 Å². The van der Waals surface area contributed by atoms with Crippen molar-refractivity contribution in [2.24, 2.45) is 0 Å². The number of nitrogens with zero attached hydrogens (tertiary/aromatic N) is 1. The van der Waals surface area contributed by atoms with Gasteiger partial charge in [0, 0.05) is 18.0 Å². The zero-order valence-electron chi connectivity index (χ0n) is 10.2. The molecule has 2 heterocycles. The van der Waals surface area contributed by atoms with Crippen LogP contribution in [0.4, 0.5) is 10.1 Å². The maximum atomic E-state index is 14.0. The number of carbonyl (C=O) groups is 1. The highest BCUT2D eigenvalue weighted by molar-refractivity contribution is 5.98. The number of halogens is 1. The zero-order chi connectivity index (χ0) is 13.4. The van der Waals surface area contributed by atoms with Crippen LogP contribution in [0.15, 0.2) is 36.7 Å². The second-order valence-corrected chi connectivity index (χ2v) is 4.33. The van der Waals surface area contributed by atoms with Crippen LogP contribution in [0.25, 0.3) is 11.1 Å². The molecule has 1 aromatic carbocycles. The molecule has 1 aromatic heterocycles. The minimum absolute atomic E-state index is 0.0831. The summed E-state index contributed by atoms with van der Waals surface area (Å²) in [5, 5.41) is 2.64. The van der Waals surface area contributed by atoms with Gasteiger partial charge in [0.15, 0.2) is 17.7 Å². The van der Waals surface area contributed by atoms with E-state index < -0.39 is 11.9 Å². The van der Waals surface area contributed by atoms with E-state index in [-0.39, 0.29) is 11.7 Å². The van der Waals surface area contributed by atoms with Gasteiger partial charge in [-0.05, 0) is 30.7 Å². The van der Waals surface area contributed by atoms with Gasteiger partial charge in [-0.3, -0.25) is 9.78 Å². The second kappa shape index (κ2) is 4.35. The molecule has 1 N–H and O–H groups in total. The summed E-state index contributed by atoms with van der Waals surface area (Å²) in [5.41, 5.74) is 1.77. The van der Waals surface area contributed by atoms with E-state index in [2.05, 4.69) is 10.3 Å². The molecule has 0 fully saturated rings. The molecule has 1 atom stereocenters. The highest BCUT2D eigenvalue weighted by atomic mass is 19.1. The second-order valence-electron chi connectivity index (χ2n) is 4.33. The Balaban J connectivity index is 2.10. The quantitative estimate of drug-likeness (QED) is 0.855. The number of fused-ring (bicyclic) bond motifs is 1. The van der Waals surface area contributed by atoms with Crippen molar-refractivity contribution in [2.45, 2.75) is 13.0 Å². The van der Waals surface area contributed by atoms with Crippen LogP contribution in [0.3, 0.4) is 0 Å². The van der Waals surface area contributed by atoms with Crippen LogP contribution in [0.5, 0.6) is 5.75 Å². The van der Waals surface area contributed by atoms with Crippen LogP contribution in [0.1, 0.15) is 6.92 Å². The van der Waals surface area contributed by atoms with Crippen molar-refractivity contribution in [1.82, 2.24) is 4.98 Å². The van der Waals surface area contributed by atoms with E-state index in [1.807, 2.05) is 6.07 Å². The summed E-state index contributed by atoms with van der Waals surface area (Å²) in [7, 11) is 0. The number of ether oxygens (including phenoxy) is 1. The Kier molecular flexibility index (Phi) is 2.67. The molecular formula is C14H11FN2O2. The standard InChI is InChI=1S/C14H11FN2O2/c1-8-14(18)17-12-6-10(5-11(15)13(12)19-8)9-3-2-4-16-7-9/h2-8H,1H3,(H,17,18)/t8-/m1/s1. The topological polar surface area (TPSA) is 51.2 Å². The minimum Gasteiger partial charge on any atom is -0.476 e. The summed E-state index contributed by atoms with van der Waals surface area (Å²) in [6.07, 6.45) is 2.59. The summed E-state index contributed by atoms with van der Waals surface area (Å²) in [4.78, 5) is 15.5. The van der Waals surface area contributed by atoms with Crippen LogP contribution in [0.2, 0.25) is 0 Å². The molecule has 1 aliphatic rings. The van der Waals surface area contributed by atoms with Gasteiger partial charge in [0.05, 0.1) is 5.69 Å². The van der Waals surface area contributed by atoms with E-state index in [1.54, 1.807) is 31.5 Å². The molecule has 0 radical (unpaired) electrons. The molecule has 0 saturated carbocycles. The largest absolute Gasteiger partial charge is 0.476 e. The van der Waals surface area contributed by atoms with Gasteiger partial charge in [-0.25, -0.2) is 4.39 Å². The number of anilines is 1. The van der Waals surface area contributed by atoms with Gasteiger partial charge < -0.3 is 10.1 Å². The zero-order valence-corrected chi connectivity index (χ0v) is 10.2. The summed E-state index contributed by atoms with van der Waals surface area (Å²) in [6, 6.07) is 6.64. The number of nitrogens with one attached hydrogen (secondary N) is 1. The molecule has 1 aliphatic heterocycles. The first-order chi connectivity index (χ1) is 9.15. The van der Waals surface area contributed by atoms with E-state index in [1.165, 1.54) is 6.07 Å². The van der Waals surface area contributed by atoms with Gasteiger partial charge in [0.1, 0.15) is 0 Å². The third-order valence-corrected chi connectivity index (χ3v) is 2.96. The molecule has 4 nitrogen and oxygen atoms in total. The van der Waals surface area contributed by atoms with Crippen molar-refractivity contribution in [1.29, 1.82) is 0 Å². The molecule has 0 aliphatic carbocycles. The fraction of sp³-hybridized carbons (Fsp3) is 0.143. The van der Waals surface area contributed by atoms with Crippen LogP contribution < -0.4 is 10.1 Å². The molecule has 5 heteroatoms. The van der Waals surface area contributed by atoms with Crippen molar-refractivity contribution in [2.75, 3.05) is 5.32 Å². The van der Waals surface area contributed by atoms with Crippen molar-refractivity contribution in [3.05, 3.63) is 42.5 Å². The number of carbonyl (C=O) groups excluding carboxylic acids is 1. The number of rotatable bonds is 1. The summed E-state index contributed by atoms with van der Waals surface area (Å²) < 4.78 is 19.3. The predicted octanol–water partition coefficient (Wildman–Crippen LogP) is 2.61. The summed E-state index contributed by atoms with van der Waals surface area (Å²) in [5.74, 6) is -0.696. The van der Waals surface area contributed by atoms with Crippen LogP contribution in [-0.2, 0) is 4.79 Å². The lowest BCUT2D eigenvalue weighted by Gasteiger charge is -2.24. The fourth-order valence-corrected chi connectivity index (χ4v) is 1.97. The first-order valence-electron chi connectivity index (χ1n) is 5.86. The molecule has 19 heavy (non-hydrogen) atoms. The highest BCUT2D eigenvalue weighted by Gasteiger charge is 2.26. The lowest BCUT2D eigenvalue weighted by molar-refractivity contribution is -0.122. The molecule has 0 spiro atoms. The SMILES string of the molecule is C[C@H]1Oc2c(F)cc(-c3cccnc3)cc2NC1=O. The first-order valence-corrected chi connectivity index (χ1v) is 5.86. The van der Waals surface area contributed by atoms with E-state index in [4.69, 9.17) is 4.74 Å². The molecule has 0 bridgehead atoms. The highest BCUT2D eigenvalue weighted by Crippen LogP contribution is 2.36. The van der Waals surface area contributed by atoms with Crippen LogP contribution >= 0.6 is 0 Å². The van der Waals surface area contributed by atoms with E-state index in [0.29, 0.717) is 11.3 Å². The molecule has 96 valence electrons. The Morgan fingerprint density at radius 1 is 1.37 bits per heavy atom. The van der Waals surface area contributed by atoms with Gasteiger partial charge in [0.25, 0.3) is 5.91 Å². The predicted molar refractivity (Wildman–Crippen MR) is 68.4 cm³/mol. The van der Waals surface area contributed by atoms with Crippen molar-refractivity contribution in [3.63, 3.8) is 0 Å². The monoisotopic (exact) mass is 258 g/mol. The third-order valence-electron chi connectivity index (χ3n) is 2.96. The van der Waals surface area contributed by atoms with E-state index in [9.17, 15) is 9.18 Å². The Labute approximate surface area is 109 Å². The van der Waals surface area contributed by atoms with Gasteiger partial charge in [-0.15, -0.1) is 0 Å².